The molecule has 0 aliphatic rings. The Morgan fingerprint density at radius 2 is 1.94 bits per heavy atom. The molecule has 0 atom stereocenters. The Kier molecular flexibility index (Phi) is 3.89. The number of nitrogens with zero attached hydrogens (tertiary/aromatic N) is 3. The van der Waals surface area contributed by atoms with Crippen LogP contribution in [0.15, 0.2) is 35.9 Å². The number of pyridine rings is 1. The molecule has 0 aromatic carbocycles. The second-order valence-electron chi connectivity index (χ2n) is 3.53. The van der Waals surface area contributed by atoms with E-state index in [-0.39, 0.29) is 0 Å². The van der Waals surface area contributed by atoms with Crippen molar-refractivity contribution >= 4 is 17.6 Å². The van der Waals surface area contributed by atoms with Crippen LogP contribution in [-0.2, 0) is 5.75 Å². The van der Waals surface area contributed by atoms with Gasteiger partial charge in [-0.05, 0) is 24.1 Å². The van der Waals surface area contributed by atoms with Crippen LogP contribution in [0.4, 0.5) is 5.82 Å². The van der Waals surface area contributed by atoms with Gasteiger partial charge in [0, 0.05) is 24.3 Å². The van der Waals surface area contributed by atoms with E-state index >= 15 is 0 Å². The molecule has 2 rings (SSSR count). The zero-order valence-electron chi connectivity index (χ0n) is 9.42. The Morgan fingerprint density at radius 3 is 2.53 bits per heavy atom. The van der Waals surface area contributed by atoms with Crippen molar-refractivity contribution in [3.63, 3.8) is 0 Å². The van der Waals surface area contributed by atoms with Crippen molar-refractivity contribution in [2.75, 3.05) is 5.43 Å². The highest BCUT2D eigenvalue weighted by Crippen LogP contribution is 2.18. The van der Waals surface area contributed by atoms with Crippen LogP contribution < -0.4 is 11.3 Å². The zero-order valence-corrected chi connectivity index (χ0v) is 10.2. The smallest absolute Gasteiger partial charge is 0.187 e. The number of anilines is 1. The Bertz CT molecular complexity index is 468. The van der Waals surface area contributed by atoms with Crippen LogP contribution in [0.3, 0.4) is 0 Å². The molecule has 2 aromatic heterocycles. The van der Waals surface area contributed by atoms with Crippen molar-refractivity contribution in [1.29, 1.82) is 0 Å². The molecule has 6 heteroatoms. The summed E-state index contributed by atoms with van der Waals surface area (Å²) in [6.07, 6.45) is 5.42. The average molecular weight is 247 g/mol. The van der Waals surface area contributed by atoms with Crippen molar-refractivity contribution in [2.45, 2.75) is 17.8 Å². The highest BCUT2D eigenvalue weighted by molar-refractivity contribution is 7.98. The average Bonchev–Trinajstić information content (AvgIpc) is 2.39. The molecule has 0 radical (unpaired) electrons. The number of nitrogen functional groups attached to an aromatic ring is 1. The summed E-state index contributed by atoms with van der Waals surface area (Å²) >= 11 is 1.58. The van der Waals surface area contributed by atoms with E-state index in [9.17, 15) is 0 Å². The standard InChI is InChI=1S/C11H13N5S/c1-8-4-14-11(15-5-8)17-7-9-2-3-10(16-12)13-6-9/h2-6H,7,12H2,1H3,(H,13,16). The first-order valence-electron chi connectivity index (χ1n) is 5.11. The number of hydrazine groups is 1. The largest absolute Gasteiger partial charge is 0.308 e. The SMILES string of the molecule is Cc1cnc(SCc2ccc(NN)nc2)nc1. The van der Waals surface area contributed by atoms with E-state index in [0.717, 1.165) is 22.0 Å². The Morgan fingerprint density at radius 1 is 1.18 bits per heavy atom. The number of aromatic nitrogens is 3. The van der Waals surface area contributed by atoms with Crippen LogP contribution >= 0.6 is 11.8 Å². The van der Waals surface area contributed by atoms with Crippen LogP contribution in [0.1, 0.15) is 11.1 Å². The fourth-order valence-corrected chi connectivity index (χ4v) is 1.92. The number of rotatable bonds is 4. The van der Waals surface area contributed by atoms with Crippen molar-refractivity contribution in [3.8, 4) is 0 Å². The van der Waals surface area contributed by atoms with Gasteiger partial charge in [0.25, 0.3) is 0 Å². The summed E-state index contributed by atoms with van der Waals surface area (Å²) < 4.78 is 0. The lowest BCUT2D eigenvalue weighted by molar-refractivity contribution is 0.949. The van der Waals surface area contributed by atoms with Gasteiger partial charge in [0.15, 0.2) is 5.16 Å². The van der Waals surface area contributed by atoms with E-state index in [1.165, 1.54) is 0 Å². The molecule has 5 nitrogen and oxygen atoms in total. The van der Waals surface area contributed by atoms with Crippen molar-refractivity contribution in [1.82, 2.24) is 15.0 Å². The number of nitrogens with two attached hydrogens (primary N) is 1. The molecular formula is C11H13N5S. The molecule has 3 N–H and O–H groups in total. The lowest BCUT2D eigenvalue weighted by Gasteiger charge is -2.02. The first-order valence-corrected chi connectivity index (χ1v) is 6.09. The van der Waals surface area contributed by atoms with Gasteiger partial charge in [0.1, 0.15) is 5.82 Å². The minimum absolute atomic E-state index is 0.658. The van der Waals surface area contributed by atoms with Gasteiger partial charge in [-0.25, -0.2) is 20.8 Å². The van der Waals surface area contributed by atoms with Gasteiger partial charge in [0.05, 0.1) is 0 Å². The summed E-state index contributed by atoms with van der Waals surface area (Å²) in [4.78, 5) is 12.6. The third-order valence-corrected chi connectivity index (χ3v) is 3.04. The summed E-state index contributed by atoms with van der Waals surface area (Å²) in [5.74, 6) is 6.69. The Hall–Kier alpha value is -1.66. The molecule has 0 aliphatic heterocycles. The summed E-state index contributed by atoms with van der Waals surface area (Å²) in [7, 11) is 0. The Labute approximate surface area is 104 Å². The monoisotopic (exact) mass is 247 g/mol. The maximum Gasteiger partial charge on any atom is 0.187 e. The van der Waals surface area contributed by atoms with E-state index in [0.29, 0.717) is 5.82 Å². The predicted octanol–water partition coefficient (Wildman–Crippen LogP) is 1.76. The van der Waals surface area contributed by atoms with Gasteiger partial charge < -0.3 is 5.43 Å². The predicted molar refractivity (Wildman–Crippen MR) is 68.4 cm³/mol. The maximum absolute atomic E-state index is 5.24. The number of thioether (sulfide) groups is 1. The van der Waals surface area contributed by atoms with Crippen LogP contribution in [0.2, 0.25) is 0 Å². The van der Waals surface area contributed by atoms with Gasteiger partial charge in [0.2, 0.25) is 0 Å². The molecule has 0 aliphatic carbocycles. The molecule has 0 amide bonds. The second-order valence-corrected chi connectivity index (χ2v) is 4.47. The normalized spacial score (nSPS) is 10.2. The van der Waals surface area contributed by atoms with E-state index in [4.69, 9.17) is 5.84 Å². The highest BCUT2D eigenvalue weighted by Gasteiger charge is 1.99. The summed E-state index contributed by atoms with van der Waals surface area (Å²) in [6.45, 7) is 1.97. The van der Waals surface area contributed by atoms with Crippen LogP contribution in [0.25, 0.3) is 0 Å². The maximum atomic E-state index is 5.24. The second kappa shape index (κ2) is 5.60. The number of hydrogen-bond donors (Lipinski definition) is 2. The first-order chi connectivity index (χ1) is 8.28. The Balaban J connectivity index is 1.95. The molecule has 0 saturated carbocycles. The van der Waals surface area contributed by atoms with E-state index < -0.39 is 0 Å². The fraction of sp³-hybridized carbons (Fsp3) is 0.182. The van der Waals surface area contributed by atoms with Crippen molar-refractivity contribution < 1.29 is 0 Å². The molecule has 0 spiro atoms. The minimum Gasteiger partial charge on any atom is -0.308 e. The van der Waals surface area contributed by atoms with E-state index in [2.05, 4.69) is 20.4 Å². The molecule has 0 saturated heterocycles. The van der Waals surface area contributed by atoms with Gasteiger partial charge in [-0.1, -0.05) is 17.8 Å². The number of aryl methyl sites for hydroxylation is 1. The molecule has 17 heavy (non-hydrogen) atoms. The van der Waals surface area contributed by atoms with Gasteiger partial charge >= 0.3 is 0 Å². The number of nitrogens with one attached hydrogen (secondary N) is 1. The molecular weight excluding hydrogens is 234 g/mol. The highest BCUT2D eigenvalue weighted by atomic mass is 32.2. The number of hydrogen-bond acceptors (Lipinski definition) is 6. The van der Waals surface area contributed by atoms with Crippen LogP contribution in [0.5, 0.6) is 0 Å². The summed E-state index contributed by atoms with van der Waals surface area (Å²) in [5.41, 5.74) is 4.67. The van der Waals surface area contributed by atoms with Gasteiger partial charge in [-0.2, -0.15) is 0 Å². The topological polar surface area (TPSA) is 76.7 Å². The van der Waals surface area contributed by atoms with Crippen molar-refractivity contribution in [2.24, 2.45) is 5.84 Å². The quantitative estimate of drug-likeness (QED) is 0.371. The third kappa shape index (κ3) is 3.40. The molecule has 88 valence electrons. The van der Waals surface area contributed by atoms with Crippen molar-refractivity contribution in [3.05, 3.63) is 41.9 Å². The lowest BCUT2D eigenvalue weighted by atomic mass is 10.3. The van der Waals surface area contributed by atoms with Gasteiger partial charge in [-0.3, -0.25) is 0 Å². The third-order valence-electron chi connectivity index (χ3n) is 2.10. The molecule has 2 aromatic rings. The zero-order chi connectivity index (χ0) is 12.1. The molecule has 2 heterocycles. The van der Waals surface area contributed by atoms with Crippen LogP contribution in [-0.4, -0.2) is 15.0 Å². The van der Waals surface area contributed by atoms with Gasteiger partial charge in [-0.15, -0.1) is 0 Å². The molecule has 0 fully saturated rings. The molecule has 0 unspecified atom stereocenters. The first kappa shape index (κ1) is 11.8. The van der Waals surface area contributed by atoms with Crippen LogP contribution in [0, 0.1) is 6.92 Å². The summed E-state index contributed by atoms with van der Waals surface area (Å²) in [6, 6.07) is 3.81. The van der Waals surface area contributed by atoms with E-state index in [1.54, 1.807) is 18.0 Å². The lowest BCUT2D eigenvalue weighted by Crippen LogP contribution is -2.08. The summed E-state index contributed by atoms with van der Waals surface area (Å²) in [5, 5.41) is 0.775. The fourth-order valence-electron chi connectivity index (χ4n) is 1.20. The molecule has 0 bridgehead atoms. The van der Waals surface area contributed by atoms with E-state index in [1.807, 2.05) is 31.5 Å². The minimum atomic E-state index is 0.658.